The largest absolute Gasteiger partial charge is 0.336 e. The quantitative estimate of drug-likeness (QED) is 0.776. The second-order valence-corrected chi connectivity index (χ2v) is 8.26. The first kappa shape index (κ1) is 21.3. The Morgan fingerprint density at radius 3 is 2.19 bits per heavy atom. The molecule has 0 radical (unpaired) electrons. The number of hydrogen-bond donors (Lipinski definition) is 1. The summed E-state index contributed by atoms with van der Waals surface area (Å²) in [6.07, 6.45) is 1.48. The Hall–Kier alpha value is -2.90. The molecule has 2 aromatic carbocycles. The number of nitrogens with one attached hydrogen (secondary N) is 1. The van der Waals surface area contributed by atoms with Gasteiger partial charge in [-0.3, -0.25) is 19.3 Å². The van der Waals surface area contributed by atoms with Crippen molar-refractivity contribution in [3.63, 3.8) is 0 Å². The average Bonchev–Trinajstić information content (AvgIpc) is 3.21. The van der Waals surface area contributed by atoms with Gasteiger partial charge in [-0.1, -0.05) is 11.6 Å². The fourth-order valence-electron chi connectivity index (χ4n) is 3.93. The lowest BCUT2D eigenvalue weighted by Gasteiger charge is -2.34. The van der Waals surface area contributed by atoms with Gasteiger partial charge in [-0.25, -0.2) is 0 Å². The molecular weight excluding hydrogens is 416 g/mol. The number of amides is 3. The number of anilines is 2. The van der Waals surface area contributed by atoms with E-state index in [1.807, 2.05) is 29.2 Å². The van der Waals surface area contributed by atoms with E-state index in [2.05, 4.69) is 5.32 Å². The van der Waals surface area contributed by atoms with Crippen LogP contribution in [0.15, 0.2) is 48.5 Å². The highest BCUT2D eigenvalue weighted by molar-refractivity contribution is 6.30. The predicted molar refractivity (Wildman–Crippen MR) is 120 cm³/mol. The molecule has 2 aliphatic heterocycles. The van der Waals surface area contributed by atoms with Crippen molar-refractivity contribution in [2.75, 3.05) is 49.5 Å². The summed E-state index contributed by atoms with van der Waals surface area (Å²) in [7, 11) is 0. The molecule has 31 heavy (non-hydrogen) atoms. The molecular formula is C23H25ClN4O3. The zero-order valence-electron chi connectivity index (χ0n) is 17.2. The third kappa shape index (κ3) is 5.24. The van der Waals surface area contributed by atoms with Crippen LogP contribution < -0.4 is 10.2 Å². The van der Waals surface area contributed by atoms with Gasteiger partial charge in [0.15, 0.2) is 0 Å². The first-order chi connectivity index (χ1) is 15.0. The highest BCUT2D eigenvalue weighted by atomic mass is 35.5. The van der Waals surface area contributed by atoms with Gasteiger partial charge < -0.3 is 15.1 Å². The van der Waals surface area contributed by atoms with Gasteiger partial charge in [0.2, 0.25) is 11.8 Å². The maximum atomic E-state index is 12.6. The average molecular weight is 441 g/mol. The molecule has 3 amide bonds. The zero-order valence-corrected chi connectivity index (χ0v) is 18.0. The van der Waals surface area contributed by atoms with Gasteiger partial charge in [-0.05, 0) is 55.0 Å². The molecule has 2 aromatic rings. The summed E-state index contributed by atoms with van der Waals surface area (Å²) in [6.45, 7) is 3.46. The van der Waals surface area contributed by atoms with Crippen LogP contribution in [0.1, 0.15) is 23.2 Å². The van der Waals surface area contributed by atoms with Crippen molar-refractivity contribution in [3.05, 3.63) is 59.1 Å². The fraction of sp³-hybridized carbons (Fsp3) is 0.348. The smallest absolute Gasteiger partial charge is 0.253 e. The predicted octanol–water partition coefficient (Wildman–Crippen LogP) is 2.86. The molecule has 2 heterocycles. The lowest BCUT2D eigenvalue weighted by Crippen LogP contribution is -2.50. The molecule has 7 nitrogen and oxygen atoms in total. The first-order valence-electron chi connectivity index (χ1n) is 10.5. The number of rotatable bonds is 5. The molecule has 1 N–H and O–H groups in total. The maximum absolute atomic E-state index is 12.6. The molecule has 0 aliphatic carbocycles. The number of nitrogens with zero attached hydrogens (tertiary/aromatic N) is 3. The number of halogens is 1. The minimum Gasteiger partial charge on any atom is -0.336 e. The van der Waals surface area contributed by atoms with Crippen LogP contribution in [0.3, 0.4) is 0 Å². The summed E-state index contributed by atoms with van der Waals surface area (Å²) < 4.78 is 0. The molecule has 0 spiro atoms. The lowest BCUT2D eigenvalue weighted by atomic mass is 10.2. The topological polar surface area (TPSA) is 73.0 Å². The van der Waals surface area contributed by atoms with Crippen molar-refractivity contribution in [1.29, 1.82) is 0 Å². The van der Waals surface area contributed by atoms with Crippen LogP contribution in [0.25, 0.3) is 0 Å². The van der Waals surface area contributed by atoms with E-state index < -0.39 is 0 Å². The van der Waals surface area contributed by atoms with E-state index in [0.717, 1.165) is 18.7 Å². The summed E-state index contributed by atoms with van der Waals surface area (Å²) in [6, 6.07) is 14.3. The minimum absolute atomic E-state index is 0.0164. The van der Waals surface area contributed by atoms with Crippen molar-refractivity contribution in [1.82, 2.24) is 9.80 Å². The molecule has 4 rings (SSSR count). The Morgan fingerprint density at radius 2 is 1.58 bits per heavy atom. The van der Waals surface area contributed by atoms with Crippen LogP contribution in [-0.2, 0) is 9.59 Å². The van der Waals surface area contributed by atoms with Gasteiger partial charge in [0, 0.05) is 61.1 Å². The normalized spacial score (nSPS) is 17.1. The first-order valence-corrected chi connectivity index (χ1v) is 10.8. The third-order valence-corrected chi connectivity index (χ3v) is 5.91. The molecule has 0 bridgehead atoms. The van der Waals surface area contributed by atoms with E-state index in [1.54, 1.807) is 34.1 Å². The second-order valence-electron chi connectivity index (χ2n) is 7.82. The van der Waals surface area contributed by atoms with Gasteiger partial charge in [-0.2, -0.15) is 0 Å². The summed E-state index contributed by atoms with van der Waals surface area (Å²) >= 11 is 5.89. The number of carbonyl (C=O) groups excluding carboxylic acids is 3. The van der Waals surface area contributed by atoms with E-state index >= 15 is 0 Å². The standard InChI is InChI=1S/C23H25ClN4O3/c24-18-5-3-17(4-6-18)23(31)27-14-12-26(13-15-27)16-21(29)25-19-7-9-20(10-8-19)28-11-1-2-22(28)30/h3-10H,1-2,11-16H2,(H,25,29). The van der Waals surface area contributed by atoms with Crippen LogP contribution in [0.5, 0.6) is 0 Å². The fourth-order valence-corrected chi connectivity index (χ4v) is 4.06. The molecule has 0 atom stereocenters. The van der Waals surface area contributed by atoms with Crippen molar-refractivity contribution in [3.8, 4) is 0 Å². The molecule has 2 aliphatic rings. The van der Waals surface area contributed by atoms with Crippen LogP contribution in [0.2, 0.25) is 5.02 Å². The number of benzene rings is 2. The molecule has 0 saturated carbocycles. The Morgan fingerprint density at radius 1 is 0.903 bits per heavy atom. The maximum Gasteiger partial charge on any atom is 0.253 e. The van der Waals surface area contributed by atoms with Gasteiger partial charge in [0.25, 0.3) is 5.91 Å². The zero-order chi connectivity index (χ0) is 21.8. The van der Waals surface area contributed by atoms with Gasteiger partial charge in [-0.15, -0.1) is 0 Å². The van der Waals surface area contributed by atoms with Crippen molar-refractivity contribution >= 4 is 40.7 Å². The summed E-state index contributed by atoms with van der Waals surface area (Å²) in [5.41, 5.74) is 2.19. The number of carbonyl (C=O) groups is 3. The van der Waals surface area contributed by atoms with E-state index in [-0.39, 0.29) is 24.3 Å². The van der Waals surface area contributed by atoms with E-state index in [0.29, 0.717) is 48.9 Å². The summed E-state index contributed by atoms with van der Waals surface area (Å²) in [5.74, 6) is 0.0327. The van der Waals surface area contributed by atoms with Crippen LogP contribution in [-0.4, -0.2) is 66.8 Å². The monoisotopic (exact) mass is 440 g/mol. The summed E-state index contributed by atoms with van der Waals surface area (Å²) in [4.78, 5) is 42.5. The van der Waals surface area contributed by atoms with Gasteiger partial charge in [0.05, 0.1) is 6.54 Å². The Labute approximate surface area is 186 Å². The number of hydrogen-bond acceptors (Lipinski definition) is 4. The highest BCUT2D eigenvalue weighted by Gasteiger charge is 2.24. The van der Waals surface area contributed by atoms with Crippen molar-refractivity contribution in [2.24, 2.45) is 0 Å². The van der Waals surface area contributed by atoms with E-state index in [9.17, 15) is 14.4 Å². The molecule has 0 unspecified atom stereocenters. The molecule has 8 heteroatoms. The van der Waals surface area contributed by atoms with E-state index in [1.165, 1.54) is 0 Å². The van der Waals surface area contributed by atoms with E-state index in [4.69, 9.17) is 11.6 Å². The second kappa shape index (κ2) is 9.49. The minimum atomic E-state index is -0.0949. The third-order valence-electron chi connectivity index (χ3n) is 5.65. The highest BCUT2D eigenvalue weighted by Crippen LogP contribution is 2.23. The SMILES string of the molecule is O=C(CN1CCN(C(=O)c2ccc(Cl)cc2)CC1)Nc1ccc(N2CCCC2=O)cc1. The number of piperazine rings is 1. The Kier molecular flexibility index (Phi) is 6.53. The molecule has 0 aromatic heterocycles. The Balaban J connectivity index is 1.24. The van der Waals surface area contributed by atoms with Crippen LogP contribution in [0, 0.1) is 0 Å². The van der Waals surface area contributed by atoms with Crippen molar-refractivity contribution in [2.45, 2.75) is 12.8 Å². The van der Waals surface area contributed by atoms with Crippen LogP contribution in [0.4, 0.5) is 11.4 Å². The van der Waals surface area contributed by atoms with Crippen molar-refractivity contribution < 1.29 is 14.4 Å². The molecule has 162 valence electrons. The lowest BCUT2D eigenvalue weighted by molar-refractivity contribution is -0.118. The van der Waals surface area contributed by atoms with Gasteiger partial charge >= 0.3 is 0 Å². The van der Waals surface area contributed by atoms with Gasteiger partial charge in [0.1, 0.15) is 0 Å². The summed E-state index contributed by atoms with van der Waals surface area (Å²) in [5, 5.41) is 3.51. The molecule has 2 saturated heterocycles. The molecule has 2 fully saturated rings. The van der Waals surface area contributed by atoms with Crippen LogP contribution >= 0.6 is 11.6 Å². The Bertz CT molecular complexity index is 954.